The first-order valence-electron chi connectivity index (χ1n) is 11.4. The predicted molar refractivity (Wildman–Crippen MR) is 140 cm³/mol. The minimum absolute atomic E-state index is 0.000811. The van der Waals surface area contributed by atoms with Crippen molar-refractivity contribution < 1.29 is 36.9 Å². The van der Waals surface area contributed by atoms with E-state index in [4.69, 9.17) is 19.9 Å². The zero-order valence-electron chi connectivity index (χ0n) is 20.3. The van der Waals surface area contributed by atoms with E-state index in [0.717, 1.165) is 22.5 Å². The minimum Gasteiger partial charge on any atom is -0.450 e. The molecule has 13 nitrogen and oxygen atoms in total. The van der Waals surface area contributed by atoms with Crippen LogP contribution in [0.3, 0.4) is 0 Å². The van der Waals surface area contributed by atoms with Crippen LogP contribution in [0.4, 0.5) is 5.13 Å². The smallest absolute Gasteiger partial charge is 0.362 e. The zero-order chi connectivity index (χ0) is 28.2. The van der Waals surface area contributed by atoms with Gasteiger partial charge in [-0.3, -0.25) is 14.1 Å². The number of amides is 2. The number of β-lactam (4-membered cyclic amide) rings is 1. The molecule has 15 heteroatoms. The number of hydrogen-bond donors (Lipinski definition) is 3. The van der Waals surface area contributed by atoms with Crippen LogP contribution in [-0.2, 0) is 34.3 Å². The second kappa shape index (κ2) is 11.6. The largest absolute Gasteiger partial charge is 0.450 e. The standard InChI is InChI=1S/C24H23N5O8S2/c1-14-19(23(32)29(14)39(33,34)35)27-22(31)20(17-13-38-24(25)26-17)28-36-12-18(30)37-21(15-8-4-2-5-9-15)16-10-6-3-7-11-16/h2-11,13-14,19,21H,12H2,1H3,(H2,25,26)(H,27,31)(H,33,34,35)/t14?,19-/m0/s1. The monoisotopic (exact) mass is 573 g/mol. The summed E-state index contributed by atoms with van der Waals surface area (Å²) in [7, 11) is -4.78. The molecule has 2 heterocycles. The van der Waals surface area contributed by atoms with E-state index in [9.17, 15) is 22.8 Å². The summed E-state index contributed by atoms with van der Waals surface area (Å²) < 4.78 is 37.7. The van der Waals surface area contributed by atoms with Gasteiger partial charge >= 0.3 is 16.3 Å². The van der Waals surface area contributed by atoms with Crippen LogP contribution in [0.15, 0.2) is 71.2 Å². The van der Waals surface area contributed by atoms with Crippen LogP contribution in [-0.4, -0.2) is 64.4 Å². The van der Waals surface area contributed by atoms with Crippen molar-refractivity contribution in [3.8, 4) is 0 Å². The lowest BCUT2D eigenvalue weighted by Gasteiger charge is -2.42. The highest BCUT2D eigenvalue weighted by atomic mass is 32.2. The highest BCUT2D eigenvalue weighted by molar-refractivity contribution is 7.84. The van der Waals surface area contributed by atoms with Gasteiger partial charge in [-0.1, -0.05) is 65.8 Å². The number of anilines is 1. The molecule has 3 aromatic rings. The summed E-state index contributed by atoms with van der Waals surface area (Å²) >= 11 is 1.01. The van der Waals surface area contributed by atoms with E-state index in [0.29, 0.717) is 0 Å². The highest BCUT2D eigenvalue weighted by Gasteiger charge is 2.51. The van der Waals surface area contributed by atoms with E-state index in [1.807, 2.05) is 60.7 Å². The molecule has 0 spiro atoms. The SMILES string of the molecule is CC1[C@H](NC(=O)C(=NOCC(=O)OC(c2ccccc2)c2ccccc2)c2csc(N)n2)C(=O)N1S(=O)(=O)O. The van der Waals surface area contributed by atoms with E-state index in [2.05, 4.69) is 15.5 Å². The quantitative estimate of drug-likeness (QED) is 0.105. The number of aromatic nitrogens is 1. The van der Waals surface area contributed by atoms with E-state index in [1.54, 1.807) is 0 Å². The average Bonchev–Trinajstić information content (AvgIpc) is 3.34. The predicted octanol–water partition coefficient (Wildman–Crippen LogP) is 1.30. The lowest BCUT2D eigenvalue weighted by atomic mass is 10.0. The van der Waals surface area contributed by atoms with Gasteiger partial charge in [-0.25, -0.2) is 14.1 Å². The van der Waals surface area contributed by atoms with Gasteiger partial charge in [0, 0.05) is 5.38 Å². The Labute approximate surface area is 227 Å². The summed E-state index contributed by atoms with van der Waals surface area (Å²) in [6, 6.07) is 15.8. The Bertz CT molecular complexity index is 1460. The molecular weight excluding hydrogens is 550 g/mol. The fourth-order valence-corrected chi connectivity index (χ4v) is 5.24. The van der Waals surface area contributed by atoms with Crippen molar-refractivity contribution in [3.63, 3.8) is 0 Å². The third-order valence-electron chi connectivity index (χ3n) is 5.64. The van der Waals surface area contributed by atoms with Crippen molar-refractivity contribution in [1.82, 2.24) is 14.6 Å². The van der Waals surface area contributed by atoms with E-state index in [1.165, 1.54) is 12.3 Å². The fraction of sp³-hybridized carbons (Fsp3) is 0.208. The van der Waals surface area contributed by atoms with Crippen molar-refractivity contribution in [3.05, 3.63) is 82.9 Å². The number of carbonyl (C=O) groups excluding carboxylic acids is 3. The van der Waals surface area contributed by atoms with Crippen molar-refractivity contribution in [2.45, 2.75) is 25.1 Å². The Morgan fingerprint density at radius 1 is 1.15 bits per heavy atom. The number of benzene rings is 2. The summed E-state index contributed by atoms with van der Waals surface area (Å²) in [6.45, 7) is 0.655. The van der Waals surface area contributed by atoms with E-state index < -0.39 is 58.6 Å². The molecule has 1 aliphatic heterocycles. The van der Waals surface area contributed by atoms with Gasteiger partial charge in [0.25, 0.3) is 11.8 Å². The van der Waals surface area contributed by atoms with E-state index >= 15 is 0 Å². The Morgan fingerprint density at radius 2 is 1.74 bits per heavy atom. The normalized spacial score (nSPS) is 17.5. The minimum atomic E-state index is -4.78. The first kappa shape index (κ1) is 27.7. The van der Waals surface area contributed by atoms with Crippen LogP contribution in [0, 0.1) is 0 Å². The molecule has 4 rings (SSSR count). The Balaban J connectivity index is 1.46. The lowest BCUT2D eigenvalue weighted by molar-refractivity contribution is -0.153. The van der Waals surface area contributed by atoms with Gasteiger partial charge in [-0.05, 0) is 18.1 Å². The second-order valence-electron chi connectivity index (χ2n) is 8.28. The lowest BCUT2D eigenvalue weighted by Crippen LogP contribution is -2.71. The van der Waals surface area contributed by atoms with Gasteiger partial charge in [0.2, 0.25) is 6.61 Å². The number of carbonyl (C=O) groups is 3. The molecule has 0 radical (unpaired) electrons. The van der Waals surface area contributed by atoms with Crippen LogP contribution in [0.25, 0.3) is 0 Å². The molecule has 1 fully saturated rings. The molecule has 0 bridgehead atoms. The van der Waals surface area contributed by atoms with Crippen molar-refractivity contribution >= 4 is 50.3 Å². The van der Waals surface area contributed by atoms with Gasteiger partial charge in [0.15, 0.2) is 16.9 Å². The first-order chi connectivity index (χ1) is 18.6. The van der Waals surface area contributed by atoms with E-state index in [-0.39, 0.29) is 15.1 Å². The van der Waals surface area contributed by atoms with Crippen molar-refractivity contribution in [1.29, 1.82) is 0 Å². The third-order valence-corrected chi connectivity index (χ3v) is 7.33. The molecule has 2 amide bonds. The first-order valence-corrected chi connectivity index (χ1v) is 13.7. The summed E-state index contributed by atoms with van der Waals surface area (Å²) in [5.74, 6) is -2.76. The average molecular weight is 574 g/mol. The number of ether oxygens (including phenoxy) is 1. The van der Waals surface area contributed by atoms with Crippen molar-refractivity contribution in [2.24, 2.45) is 5.16 Å². The number of nitrogens with two attached hydrogens (primary N) is 1. The molecule has 4 N–H and O–H groups in total. The Hall–Kier alpha value is -4.34. The molecule has 0 aliphatic carbocycles. The highest BCUT2D eigenvalue weighted by Crippen LogP contribution is 2.26. The van der Waals surface area contributed by atoms with Gasteiger partial charge in [0.1, 0.15) is 11.7 Å². The molecule has 39 heavy (non-hydrogen) atoms. The maximum Gasteiger partial charge on any atom is 0.362 e. The zero-order valence-corrected chi connectivity index (χ0v) is 22.0. The summed E-state index contributed by atoms with van der Waals surface area (Å²) in [5.41, 5.74) is 6.71. The number of oxime groups is 1. The van der Waals surface area contributed by atoms with Crippen LogP contribution in [0.1, 0.15) is 29.8 Å². The Morgan fingerprint density at radius 3 is 2.23 bits per heavy atom. The third kappa shape index (κ3) is 6.39. The van der Waals surface area contributed by atoms with Crippen LogP contribution in [0.2, 0.25) is 0 Å². The number of hydrogen-bond acceptors (Lipinski definition) is 11. The van der Waals surface area contributed by atoms with Gasteiger partial charge in [-0.2, -0.15) is 8.42 Å². The number of nitrogens with one attached hydrogen (secondary N) is 1. The molecule has 1 aliphatic rings. The Kier molecular flexibility index (Phi) is 8.23. The molecule has 1 unspecified atom stereocenters. The molecule has 2 aromatic carbocycles. The van der Waals surface area contributed by atoms with Crippen LogP contribution in [0.5, 0.6) is 0 Å². The summed E-state index contributed by atoms with van der Waals surface area (Å²) in [6.07, 6.45) is -0.717. The fourth-order valence-electron chi connectivity index (χ4n) is 3.81. The number of rotatable bonds is 10. The van der Waals surface area contributed by atoms with Crippen molar-refractivity contribution in [2.75, 3.05) is 12.3 Å². The maximum atomic E-state index is 12.9. The number of esters is 1. The van der Waals surface area contributed by atoms with Crippen LogP contribution < -0.4 is 11.1 Å². The molecule has 1 aromatic heterocycles. The summed E-state index contributed by atoms with van der Waals surface area (Å²) in [5, 5.41) is 7.58. The number of nitrogens with zero attached hydrogens (tertiary/aromatic N) is 3. The molecule has 2 atom stereocenters. The maximum absolute atomic E-state index is 12.9. The number of nitrogen functional groups attached to an aromatic ring is 1. The molecule has 204 valence electrons. The second-order valence-corrected chi connectivity index (χ2v) is 10.5. The van der Waals surface area contributed by atoms with Gasteiger partial charge in [0.05, 0.1) is 6.04 Å². The van der Waals surface area contributed by atoms with Gasteiger partial charge < -0.3 is 20.6 Å². The number of thiazole rings is 1. The topological polar surface area (TPSA) is 191 Å². The van der Waals surface area contributed by atoms with Crippen LogP contribution >= 0.6 is 11.3 Å². The molecular formula is C24H23N5O8S2. The summed E-state index contributed by atoms with van der Waals surface area (Å²) in [4.78, 5) is 46.9. The van der Waals surface area contributed by atoms with Gasteiger partial charge in [-0.15, -0.1) is 11.3 Å². The molecule has 0 saturated carbocycles. The molecule has 1 saturated heterocycles.